The summed E-state index contributed by atoms with van der Waals surface area (Å²) >= 11 is 0. The summed E-state index contributed by atoms with van der Waals surface area (Å²) in [5.74, 6) is -1.28. The molecule has 2 N–H and O–H groups in total. The summed E-state index contributed by atoms with van der Waals surface area (Å²) in [6.45, 7) is 3.70. The highest BCUT2D eigenvalue weighted by molar-refractivity contribution is 5.68. The second kappa shape index (κ2) is 8.26. The first-order valence-electron chi connectivity index (χ1n) is 10.1. The third-order valence-corrected chi connectivity index (χ3v) is 5.57. The number of alkyl halides is 2. The molecule has 10 heteroatoms. The molecule has 1 aliphatic rings. The van der Waals surface area contributed by atoms with Crippen molar-refractivity contribution < 1.29 is 18.3 Å². The van der Waals surface area contributed by atoms with Crippen LogP contribution in [0.3, 0.4) is 0 Å². The van der Waals surface area contributed by atoms with Crippen molar-refractivity contribution in [3.63, 3.8) is 0 Å². The molecule has 4 rings (SSSR count). The molecule has 1 aromatic carbocycles. The SMILES string of the molecule is Cc1cc(Nc2ncc(F)c(C(F)F)n2)cc(-c2cn([C@@H]3CCCC[C@@]3(C)O)nn2)c1. The summed E-state index contributed by atoms with van der Waals surface area (Å²) in [6, 6.07) is 5.31. The molecule has 7 nitrogen and oxygen atoms in total. The molecule has 2 aromatic heterocycles. The lowest BCUT2D eigenvalue weighted by atomic mass is 9.82. The molecule has 3 aromatic rings. The highest BCUT2D eigenvalue weighted by Gasteiger charge is 2.36. The minimum Gasteiger partial charge on any atom is -0.388 e. The second-order valence-electron chi connectivity index (χ2n) is 8.14. The molecule has 1 fully saturated rings. The van der Waals surface area contributed by atoms with Crippen LogP contribution in [0.2, 0.25) is 0 Å². The van der Waals surface area contributed by atoms with Gasteiger partial charge in [0.15, 0.2) is 5.82 Å². The van der Waals surface area contributed by atoms with Crippen molar-refractivity contribution in [3.8, 4) is 11.3 Å². The van der Waals surface area contributed by atoms with Crippen LogP contribution in [0.4, 0.5) is 24.8 Å². The van der Waals surface area contributed by atoms with E-state index in [0.29, 0.717) is 17.8 Å². The smallest absolute Gasteiger partial charge is 0.283 e. The number of nitrogens with one attached hydrogen (secondary N) is 1. The zero-order valence-electron chi connectivity index (χ0n) is 17.2. The maximum Gasteiger partial charge on any atom is 0.283 e. The average Bonchev–Trinajstić information content (AvgIpc) is 3.18. The first-order chi connectivity index (χ1) is 14.7. The fraction of sp³-hybridized carbons (Fsp3) is 0.429. The van der Waals surface area contributed by atoms with Gasteiger partial charge in [-0.15, -0.1) is 5.10 Å². The van der Waals surface area contributed by atoms with Crippen LogP contribution >= 0.6 is 0 Å². The molecule has 0 unspecified atom stereocenters. The number of hydrogen-bond acceptors (Lipinski definition) is 6. The Bertz CT molecular complexity index is 1080. The van der Waals surface area contributed by atoms with Crippen LogP contribution in [0.25, 0.3) is 11.3 Å². The number of nitrogens with zero attached hydrogens (tertiary/aromatic N) is 5. The van der Waals surface area contributed by atoms with Gasteiger partial charge in [-0.25, -0.2) is 27.8 Å². The van der Waals surface area contributed by atoms with Crippen molar-refractivity contribution in [2.75, 3.05) is 5.32 Å². The summed E-state index contributed by atoms with van der Waals surface area (Å²) in [7, 11) is 0. The molecule has 0 aliphatic heterocycles. The Balaban J connectivity index is 1.61. The van der Waals surface area contributed by atoms with Gasteiger partial charge in [0.25, 0.3) is 6.43 Å². The highest BCUT2D eigenvalue weighted by atomic mass is 19.3. The van der Waals surface area contributed by atoms with Crippen LogP contribution in [-0.2, 0) is 0 Å². The van der Waals surface area contributed by atoms with Gasteiger partial charge in [-0.2, -0.15) is 0 Å². The predicted molar refractivity (Wildman–Crippen MR) is 109 cm³/mol. The molecule has 2 atom stereocenters. The molecule has 1 saturated carbocycles. The minimum absolute atomic E-state index is 0.129. The number of anilines is 2. The minimum atomic E-state index is -3.04. The van der Waals surface area contributed by atoms with E-state index in [0.717, 1.165) is 36.6 Å². The van der Waals surface area contributed by atoms with E-state index in [9.17, 15) is 18.3 Å². The van der Waals surface area contributed by atoms with E-state index in [1.165, 1.54) is 0 Å². The van der Waals surface area contributed by atoms with Crippen molar-refractivity contribution in [2.45, 2.75) is 57.6 Å². The van der Waals surface area contributed by atoms with Crippen LogP contribution < -0.4 is 5.32 Å². The zero-order chi connectivity index (χ0) is 22.2. The second-order valence-corrected chi connectivity index (χ2v) is 8.14. The number of aryl methyl sites for hydroxylation is 1. The molecule has 1 aliphatic carbocycles. The van der Waals surface area contributed by atoms with E-state index < -0.39 is 23.5 Å². The lowest BCUT2D eigenvalue weighted by molar-refractivity contribution is -0.0298. The number of aromatic nitrogens is 5. The van der Waals surface area contributed by atoms with Gasteiger partial charge in [-0.1, -0.05) is 18.1 Å². The Labute approximate surface area is 177 Å². The maximum atomic E-state index is 13.5. The van der Waals surface area contributed by atoms with Crippen LogP contribution in [0, 0.1) is 12.7 Å². The summed E-state index contributed by atoms with van der Waals surface area (Å²) in [5.41, 5.74) is 0.997. The molecular formula is C21H23F3N6O. The predicted octanol–water partition coefficient (Wildman–Crippen LogP) is 4.73. The van der Waals surface area contributed by atoms with Gasteiger partial charge in [0, 0.05) is 11.3 Å². The normalized spacial score (nSPS) is 21.5. The van der Waals surface area contributed by atoms with E-state index in [-0.39, 0.29) is 12.0 Å². The Hall–Kier alpha value is -3.01. The van der Waals surface area contributed by atoms with Crippen molar-refractivity contribution in [3.05, 3.63) is 47.7 Å². The summed E-state index contributed by atoms with van der Waals surface area (Å²) in [4.78, 5) is 7.31. The number of benzene rings is 1. The Kier molecular flexibility index (Phi) is 5.65. The topological polar surface area (TPSA) is 88.8 Å². The number of halogens is 3. The first-order valence-corrected chi connectivity index (χ1v) is 10.1. The number of hydrogen-bond donors (Lipinski definition) is 2. The lowest BCUT2D eigenvalue weighted by Gasteiger charge is -2.36. The quantitative estimate of drug-likeness (QED) is 0.606. The monoisotopic (exact) mass is 432 g/mol. The van der Waals surface area contributed by atoms with Crippen molar-refractivity contribution >= 4 is 11.6 Å². The van der Waals surface area contributed by atoms with Gasteiger partial charge < -0.3 is 10.4 Å². The zero-order valence-corrected chi connectivity index (χ0v) is 17.2. The Morgan fingerprint density at radius 1 is 1.26 bits per heavy atom. The van der Waals surface area contributed by atoms with Crippen LogP contribution in [0.5, 0.6) is 0 Å². The van der Waals surface area contributed by atoms with E-state index in [1.807, 2.05) is 19.9 Å². The van der Waals surface area contributed by atoms with Crippen LogP contribution in [-0.4, -0.2) is 35.7 Å². The Morgan fingerprint density at radius 2 is 2.06 bits per heavy atom. The molecule has 164 valence electrons. The van der Waals surface area contributed by atoms with Gasteiger partial charge in [-0.05, 0) is 50.5 Å². The standard InChI is InChI=1S/C21H23F3N6O/c1-12-7-13(16-11-30(29-28-16)17-5-3-4-6-21(17,2)31)9-14(8-12)26-20-25-10-15(22)18(27-20)19(23)24/h7-11,17,19,31H,3-6H2,1-2H3,(H,25,26,27)/t17-,21-/m1/s1. The van der Waals surface area contributed by atoms with Crippen LogP contribution in [0.15, 0.2) is 30.6 Å². The molecule has 2 heterocycles. The summed E-state index contributed by atoms with van der Waals surface area (Å²) in [5, 5.41) is 22.0. The van der Waals surface area contributed by atoms with E-state index >= 15 is 0 Å². The van der Waals surface area contributed by atoms with Crippen molar-refractivity contribution in [1.29, 1.82) is 0 Å². The van der Waals surface area contributed by atoms with Gasteiger partial charge in [0.05, 0.1) is 24.0 Å². The molecule has 0 spiro atoms. The van der Waals surface area contributed by atoms with Gasteiger partial charge >= 0.3 is 0 Å². The number of rotatable bonds is 5. The molecule has 0 amide bonds. The molecule has 31 heavy (non-hydrogen) atoms. The van der Waals surface area contributed by atoms with Gasteiger partial charge in [-0.3, -0.25) is 0 Å². The third kappa shape index (κ3) is 4.53. The molecular weight excluding hydrogens is 409 g/mol. The van der Waals surface area contributed by atoms with Crippen molar-refractivity contribution in [1.82, 2.24) is 25.0 Å². The Morgan fingerprint density at radius 3 is 2.81 bits per heavy atom. The fourth-order valence-corrected chi connectivity index (χ4v) is 4.00. The maximum absolute atomic E-state index is 13.5. The van der Waals surface area contributed by atoms with Crippen molar-refractivity contribution in [2.24, 2.45) is 0 Å². The summed E-state index contributed by atoms with van der Waals surface area (Å²) in [6.07, 6.45) is 3.02. The lowest BCUT2D eigenvalue weighted by Crippen LogP contribution is -2.39. The first kappa shape index (κ1) is 21.2. The fourth-order valence-electron chi connectivity index (χ4n) is 4.00. The molecule has 0 radical (unpaired) electrons. The van der Waals surface area contributed by atoms with E-state index in [4.69, 9.17) is 0 Å². The van der Waals surface area contributed by atoms with Gasteiger partial charge in [0.2, 0.25) is 5.95 Å². The van der Waals surface area contributed by atoms with Gasteiger partial charge in [0.1, 0.15) is 11.4 Å². The average molecular weight is 432 g/mol. The van der Waals surface area contributed by atoms with E-state index in [1.54, 1.807) is 23.0 Å². The van der Waals surface area contributed by atoms with E-state index in [2.05, 4.69) is 25.6 Å². The largest absolute Gasteiger partial charge is 0.388 e. The summed E-state index contributed by atoms with van der Waals surface area (Å²) < 4.78 is 41.0. The number of aliphatic hydroxyl groups is 1. The molecule has 0 bridgehead atoms. The third-order valence-electron chi connectivity index (χ3n) is 5.57. The highest BCUT2D eigenvalue weighted by Crippen LogP contribution is 2.37. The van der Waals surface area contributed by atoms with Crippen LogP contribution in [0.1, 0.15) is 56.3 Å². The molecule has 0 saturated heterocycles.